The van der Waals surface area contributed by atoms with Crippen LogP contribution in [-0.2, 0) is 16.1 Å². The van der Waals surface area contributed by atoms with Crippen molar-refractivity contribution < 1.29 is 18.8 Å². The Morgan fingerprint density at radius 3 is 2.18 bits per heavy atom. The zero-order chi connectivity index (χ0) is 23.8. The van der Waals surface area contributed by atoms with Crippen LogP contribution in [0.15, 0.2) is 71.3 Å². The van der Waals surface area contributed by atoms with E-state index in [-0.39, 0.29) is 24.3 Å². The van der Waals surface area contributed by atoms with Gasteiger partial charge in [0.2, 0.25) is 11.8 Å². The van der Waals surface area contributed by atoms with Crippen LogP contribution in [0.25, 0.3) is 0 Å². The molecule has 3 aromatic rings. The molecule has 8 heteroatoms. The van der Waals surface area contributed by atoms with Crippen molar-refractivity contribution in [1.82, 2.24) is 5.32 Å². The summed E-state index contributed by atoms with van der Waals surface area (Å²) < 4.78 is 5.19. The van der Waals surface area contributed by atoms with E-state index in [1.807, 2.05) is 20.8 Å². The van der Waals surface area contributed by atoms with Crippen molar-refractivity contribution in [3.63, 3.8) is 0 Å². The first-order valence-electron chi connectivity index (χ1n) is 10.6. The van der Waals surface area contributed by atoms with E-state index in [4.69, 9.17) is 4.42 Å². The smallest absolute Gasteiger partial charge is 0.251 e. The molecule has 0 aliphatic heterocycles. The van der Waals surface area contributed by atoms with Crippen LogP contribution in [-0.4, -0.2) is 24.3 Å². The van der Waals surface area contributed by atoms with Gasteiger partial charge in [-0.2, -0.15) is 0 Å². The second-order valence-electron chi connectivity index (χ2n) is 8.53. The summed E-state index contributed by atoms with van der Waals surface area (Å²) in [5.41, 5.74) is 1.89. The third-order valence-corrected chi connectivity index (χ3v) is 4.69. The van der Waals surface area contributed by atoms with Crippen LogP contribution in [0.2, 0.25) is 0 Å². The molecule has 0 saturated heterocycles. The van der Waals surface area contributed by atoms with Gasteiger partial charge in [0, 0.05) is 28.0 Å². The number of amides is 3. The zero-order valence-corrected chi connectivity index (χ0v) is 18.9. The first-order chi connectivity index (χ1) is 15.7. The largest absolute Gasteiger partial charge is 0.467 e. The number of benzene rings is 2. The molecule has 3 amide bonds. The zero-order valence-electron chi connectivity index (χ0n) is 18.9. The molecule has 3 rings (SSSR count). The highest BCUT2D eigenvalue weighted by molar-refractivity contribution is 5.97. The van der Waals surface area contributed by atoms with Gasteiger partial charge < -0.3 is 25.7 Å². The van der Waals surface area contributed by atoms with Gasteiger partial charge in [0.05, 0.1) is 19.4 Å². The van der Waals surface area contributed by atoms with Crippen molar-refractivity contribution in [3.05, 3.63) is 78.3 Å². The van der Waals surface area contributed by atoms with Crippen LogP contribution in [0.4, 0.5) is 17.1 Å². The van der Waals surface area contributed by atoms with Crippen molar-refractivity contribution in [1.29, 1.82) is 0 Å². The molecular formula is C25H28N4O4. The van der Waals surface area contributed by atoms with Crippen molar-refractivity contribution >= 4 is 34.8 Å². The Morgan fingerprint density at radius 2 is 1.55 bits per heavy atom. The third kappa shape index (κ3) is 7.24. The summed E-state index contributed by atoms with van der Waals surface area (Å²) in [5, 5.41) is 11.4. The van der Waals surface area contributed by atoms with Crippen molar-refractivity contribution in [2.75, 3.05) is 22.5 Å². The standard InChI is InChI=1S/C25H28N4O4/c1-25(2,3)24(32)29-20-7-4-6-19(14-20)28-22(30)16-26-18-11-9-17(10-12-18)23(31)27-15-21-8-5-13-33-21/h4-14,26H,15-16H2,1-3H3,(H,27,31)(H,28,30)(H,29,32). The van der Waals surface area contributed by atoms with E-state index in [2.05, 4.69) is 21.3 Å². The molecule has 1 heterocycles. The van der Waals surface area contributed by atoms with Crippen LogP contribution in [0, 0.1) is 5.41 Å². The average Bonchev–Trinajstić information content (AvgIpc) is 3.30. The van der Waals surface area contributed by atoms with E-state index in [1.165, 1.54) is 0 Å². The summed E-state index contributed by atoms with van der Waals surface area (Å²) in [5.74, 6) is 0.115. The molecule has 0 spiro atoms. The molecule has 172 valence electrons. The van der Waals surface area contributed by atoms with Crippen LogP contribution in [0.1, 0.15) is 36.9 Å². The Hall–Kier alpha value is -4.07. The van der Waals surface area contributed by atoms with Gasteiger partial charge >= 0.3 is 0 Å². The summed E-state index contributed by atoms with van der Waals surface area (Å²) in [6.45, 7) is 5.86. The minimum Gasteiger partial charge on any atom is -0.467 e. The molecule has 0 bridgehead atoms. The lowest BCUT2D eigenvalue weighted by Gasteiger charge is -2.18. The SMILES string of the molecule is CC(C)(C)C(=O)Nc1cccc(NC(=O)CNc2ccc(C(=O)NCc3ccco3)cc2)c1. The summed E-state index contributed by atoms with van der Waals surface area (Å²) in [6, 6.07) is 17.4. The fourth-order valence-corrected chi connectivity index (χ4v) is 2.80. The van der Waals surface area contributed by atoms with Gasteiger partial charge in [-0.3, -0.25) is 14.4 Å². The minimum atomic E-state index is -0.515. The van der Waals surface area contributed by atoms with Gasteiger partial charge in [-0.25, -0.2) is 0 Å². The number of nitrogens with one attached hydrogen (secondary N) is 4. The molecule has 0 atom stereocenters. The number of hydrogen-bond donors (Lipinski definition) is 4. The number of furan rings is 1. The molecule has 33 heavy (non-hydrogen) atoms. The molecule has 0 aliphatic rings. The topological polar surface area (TPSA) is 112 Å². The second-order valence-corrected chi connectivity index (χ2v) is 8.53. The van der Waals surface area contributed by atoms with Gasteiger partial charge in [0.25, 0.3) is 5.91 Å². The van der Waals surface area contributed by atoms with Crippen LogP contribution in [0.5, 0.6) is 0 Å². The molecule has 0 saturated carbocycles. The predicted octanol–water partition coefficient (Wildman–Crippen LogP) is 4.24. The van der Waals surface area contributed by atoms with E-state index in [9.17, 15) is 14.4 Å². The van der Waals surface area contributed by atoms with Gasteiger partial charge in [0.15, 0.2) is 0 Å². The highest BCUT2D eigenvalue weighted by Gasteiger charge is 2.21. The van der Waals surface area contributed by atoms with Crippen molar-refractivity contribution in [2.24, 2.45) is 5.41 Å². The quantitative estimate of drug-likeness (QED) is 0.412. The average molecular weight is 449 g/mol. The molecule has 4 N–H and O–H groups in total. The third-order valence-electron chi connectivity index (χ3n) is 4.69. The maximum Gasteiger partial charge on any atom is 0.251 e. The highest BCUT2D eigenvalue weighted by Crippen LogP contribution is 2.20. The summed E-state index contributed by atoms with van der Waals surface area (Å²) in [7, 11) is 0. The van der Waals surface area contributed by atoms with E-state index < -0.39 is 5.41 Å². The minimum absolute atomic E-state index is 0.0443. The predicted molar refractivity (Wildman–Crippen MR) is 128 cm³/mol. The number of carbonyl (C=O) groups excluding carboxylic acids is 3. The fourth-order valence-electron chi connectivity index (χ4n) is 2.80. The lowest BCUT2D eigenvalue weighted by molar-refractivity contribution is -0.123. The number of rotatable bonds is 8. The Bertz CT molecular complexity index is 1100. The van der Waals surface area contributed by atoms with Gasteiger partial charge in [-0.1, -0.05) is 26.8 Å². The summed E-state index contributed by atoms with van der Waals surface area (Å²) in [6.07, 6.45) is 1.56. The van der Waals surface area contributed by atoms with Crippen molar-refractivity contribution in [3.8, 4) is 0 Å². The first-order valence-corrected chi connectivity index (χ1v) is 10.6. The van der Waals surface area contributed by atoms with Crippen LogP contribution in [0.3, 0.4) is 0 Å². The lowest BCUT2D eigenvalue weighted by atomic mass is 9.95. The Labute approximate surface area is 192 Å². The molecule has 0 fully saturated rings. The molecule has 0 unspecified atom stereocenters. The van der Waals surface area contributed by atoms with Gasteiger partial charge in [0.1, 0.15) is 5.76 Å². The first kappa shape index (κ1) is 23.6. The Morgan fingerprint density at radius 1 is 0.848 bits per heavy atom. The van der Waals surface area contributed by atoms with E-state index in [1.54, 1.807) is 66.9 Å². The van der Waals surface area contributed by atoms with Gasteiger partial charge in [-0.05, 0) is 54.6 Å². The molecule has 8 nitrogen and oxygen atoms in total. The van der Waals surface area contributed by atoms with Gasteiger partial charge in [-0.15, -0.1) is 0 Å². The summed E-state index contributed by atoms with van der Waals surface area (Å²) in [4.78, 5) is 36.7. The molecule has 1 aromatic heterocycles. The number of anilines is 3. The number of hydrogen-bond acceptors (Lipinski definition) is 5. The van der Waals surface area contributed by atoms with Crippen LogP contribution < -0.4 is 21.3 Å². The number of carbonyl (C=O) groups is 3. The Kier molecular flexibility index (Phi) is 7.50. The van der Waals surface area contributed by atoms with E-state index >= 15 is 0 Å². The van der Waals surface area contributed by atoms with Crippen molar-refractivity contribution in [2.45, 2.75) is 27.3 Å². The monoisotopic (exact) mass is 448 g/mol. The second kappa shape index (κ2) is 10.5. The Balaban J connectivity index is 1.47. The summed E-state index contributed by atoms with van der Waals surface area (Å²) >= 11 is 0. The maximum atomic E-state index is 12.3. The molecular weight excluding hydrogens is 420 g/mol. The maximum absolute atomic E-state index is 12.3. The van der Waals surface area contributed by atoms with E-state index in [0.29, 0.717) is 34.9 Å². The highest BCUT2D eigenvalue weighted by atomic mass is 16.3. The normalized spacial score (nSPS) is 10.9. The molecule has 0 radical (unpaired) electrons. The molecule has 2 aromatic carbocycles. The van der Waals surface area contributed by atoms with E-state index in [0.717, 1.165) is 0 Å². The van der Waals surface area contributed by atoms with Crippen LogP contribution >= 0.6 is 0 Å². The fraction of sp³-hybridized carbons (Fsp3) is 0.240. The molecule has 0 aliphatic carbocycles. The lowest BCUT2D eigenvalue weighted by Crippen LogP contribution is -2.27.